The van der Waals surface area contributed by atoms with Crippen molar-refractivity contribution < 1.29 is 4.39 Å². The van der Waals surface area contributed by atoms with Gasteiger partial charge in [-0.15, -0.1) is 0 Å². The van der Waals surface area contributed by atoms with E-state index in [-0.39, 0.29) is 12.1 Å². The first-order valence-corrected chi connectivity index (χ1v) is 3.68. The van der Waals surface area contributed by atoms with Gasteiger partial charge in [-0.25, -0.2) is 0 Å². The highest BCUT2D eigenvalue weighted by Crippen LogP contribution is 2.24. The molecular formula is C7H16BF. The minimum atomic E-state index is -0.174. The highest BCUT2D eigenvalue weighted by molar-refractivity contribution is 6.33. The maximum Gasteiger partial charge on any atom is 0.118 e. The number of hydrogen-bond acceptors (Lipinski definition) is 0. The van der Waals surface area contributed by atoms with Crippen LogP contribution in [0.2, 0.25) is 13.1 Å². The molecule has 0 amide bonds. The van der Waals surface area contributed by atoms with Crippen LogP contribution in [0, 0.1) is 5.41 Å². The van der Waals surface area contributed by atoms with Crippen molar-refractivity contribution in [2.45, 2.75) is 33.4 Å². The second-order valence-corrected chi connectivity index (χ2v) is 3.35. The summed E-state index contributed by atoms with van der Waals surface area (Å²) in [6.07, 6.45) is 1.84. The van der Waals surface area contributed by atoms with Crippen molar-refractivity contribution in [2.75, 3.05) is 6.67 Å². The first-order valence-electron chi connectivity index (χ1n) is 3.68. The molecule has 0 spiro atoms. The topological polar surface area (TPSA) is 0 Å². The number of hydrogen-bond donors (Lipinski definition) is 0. The molecule has 0 saturated heterocycles. The number of halogens is 1. The molecule has 9 heavy (non-hydrogen) atoms. The lowest BCUT2D eigenvalue weighted by molar-refractivity contribution is 0.316. The van der Waals surface area contributed by atoms with Gasteiger partial charge in [0.2, 0.25) is 0 Å². The quantitative estimate of drug-likeness (QED) is 0.512. The fraction of sp³-hybridized carbons (Fsp3) is 1.00. The number of rotatable bonds is 4. The van der Waals surface area contributed by atoms with Gasteiger partial charge in [-0.05, 0) is 11.8 Å². The van der Waals surface area contributed by atoms with Crippen LogP contribution in [-0.4, -0.2) is 14.0 Å². The minimum absolute atomic E-state index is 0.174. The van der Waals surface area contributed by atoms with E-state index >= 15 is 0 Å². The average molecular weight is 130 g/mol. The summed E-state index contributed by atoms with van der Waals surface area (Å²) in [6, 6.07) is 0. The van der Waals surface area contributed by atoms with Gasteiger partial charge in [0.15, 0.2) is 0 Å². The molecule has 0 heterocycles. The molecule has 0 aromatic heterocycles. The van der Waals surface area contributed by atoms with E-state index in [9.17, 15) is 4.39 Å². The summed E-state index contributed by atoms with van der Waals surface area (Å²) >= 11 is 0. The van der Waals surface area contributed by atoms with E-state index in [1.54, 1.807) is 0 Å². The van der Waals surface area contributed by atoms with Crippen molar-refractivity contribution in [1.29, 1.82) is 0 Å². The lowest BCUT2D eigenvalue weighted by atomic mass is 9.65. The van der Waals surface area contributed by atoms with E-state index in [2.05, 4.69) is 20.7 Å². The Bertz CT molecular complexity index is 63.3. The van der Waals surface area contributed by atoms with Crippen LogP contribution >= 0.6 is 0 Å². The second kappa shape index (κ2) is 3.92. The first-order chi connectivity index (χ1) is 4.12. The van der Waals surface area contributed by atoms with Gasteiger partial charge in [0, 0.05) is 0 Å². The van der Waals surface area contributed by atoms with Gasteiger partial charge in [-0.3, -0.25) is 4.39 Å². The standard InChI is InChI=1S/C7H16BF/c1-7(2,4-5-9)6-8-3/h8H,4-6H2,1-3H3. The molecular weight excluding hydrogens is 114 g/mol. The molecule has 0 aromatic carbocycles. The molecule has 0 aliphatic carbocycles. The largest absolute Gasteiger partial charge is 0.251 e. The Balaban J connectivity index is 3.43. The fourth-order valence-corrected chi connectivity index (χ4v) is 1.06. The molecule has 0 aromatic rings. The molecule has 0 saturated carbocycles. The van der Waals surface area contributed by atoms with Gasteiger partial charge in [0.05, 0.1) is 6.67 Å². The van der Waals surface area contributed by atoms with Crippen molar-refractivity contribution in [3.63, 3.8) is 0 Å². The minimum Gasteiger partial charge on any atom is -0.251 e. The summed E-state index contributed by atoms with van der Waals surface area (Å²) in [4.78, 5) is 0. The molecule has 0 rings (SSSR count). The Hall–Kier alpha value is -0.00506. The van der Waals surface area contributed by atoms with Crippen LogP contribution in [0.15, 0.2) is 0 Å². The van der Waals surface area contributed by atoms with Crippen molar-refractivity contribution in [3.8, 4) is 0 Å². The molecule has 0 unspecified atom stereocenters. The molecule has 0 aliphatic heterocycles. The van der Waals surface area contributed by atoms with Crippen molar-refractivity contribution in [3.05, 3.63) is 0 Å². The molecule has 0 bridgehead atoms. The maximum atomic E-state index is 11.8. The molecule has 0 aliphatic rings. The van der Waals surface area contributed by atoms with E-state index in [4.69, 9.17) is 0 Å². The summed E-state index contributed by atoms with van der Waals surface area (Å²) < 4.78 is 11.8. The normalized spacial score (nSPS) is 11.6. The summed E-state index contributed by atoms with van der Waals surface area (Å²) in [5, 5.41) is 0. The average Bonchev–Trinajstić information content (AvgIpc) is 1.64. The van der Waals surface area contributed by atoms with Gasteiger partial charge in [0.1, 0.15) is 7.28 Å². The lowest BCUT2D eigenvalue weighted by Crippen LogP contribution is -2.13. The molecule has 0 N–H and O–H groups in total. The van der Waals surface area contributed by atoms with Crippen LogP contribution in [-0.2, 0) is 0 Å². The Morgan fingerprint density at radius 2 is 2.00 bits per heavy atom. The molecule has 0 radical (unpaired) electrons. The van der Waals surface area contributed by atoms with Crippen LogP contribution < -0.4 is 0 Å². The second-order valence-electron chi connectivity index (χ2n) is 3.35. The van der Waals surface area contributed by atoms with E-state index in [1.165, 1.54) is 0 Å². The Morgan fingerprint density at radius 3 is 2.33 bits per heavy atom. The molecule has 0 atom stereocenters. The molecule has 0 nitrogen and oxygen atoms in total. The highest BCUT2D eigenvalue weighted by atomic mass is 19.1. The SMILES string of the molecule is CBCC(C)(C)CCF. The number of alkyl halides is 1. The third-order valence-electron chi connectivity index (χ3n) is 1.70. The van der Waals surface area contributed by atoms with E-state index in [1.807, 2.05) is 0 Å². The van der Waals surface area contributed by atoms with E-state index in [0.717, 1.165) is 13.6 Å². The van der Waals surface area contributed by atoms with E-state index in [0.29, 0.717) is 6.42 Å². The van der Waals surface area contributed by atoms with Crippen molar-refractivity contribution >= 4 is 7.28 Å². The third kappa shape index (κ3) is 4.50. The summed E-state index contributed by atoms with van der Waals surface area (Å²) in [5.41, 5.74) is 0.226. The van der Waals surface area contributed by atoms with Crippen LogP contribution in [0.5, 0.6) is 0 Å². The zero-order valence-corrected chi connectivity index (χ0v) is 6.71. The third-order valence-corrected chi connectivity index (χ3v) is 1.70. The fourth-order valence-electron chi connectivity index (χ4n) is 1.06. The lowest BCUT2D eigenvalue weighted by Gasteiger charge is -2.21. The smallest absolute Gasteiger partial charge is 0.118 e. The van der Waals surface area contributed by atoms with Crippen LogP contribution in [0.4, 0.5) is 4.39 Å². The Kier molecular flexibility index (Phi) is 3.91. The van der Waals surface area contributed by atoms with E-state index < -0.39 is 0 Å². The van der Waals surface area contributed by atoms with Crippen molar-refractivity contribution in [1.82, 2.24) is 0 Å². The maximum absolute atomic E-state index is 11.8. The van der Waals surface area contributed by atoms with Gasteiger partial charge >= 0.3 is 0 Å². The molecule has 0 fully saturated rings. The van der Waals surface area contributed by atoms with Gasteiger partial charge in [-0.1, -0.05) is 27.0 Å². The van der Waals surface area contributed by atoms with Gasteiger partial charge in [0.25, 0.3) is 0 Å². The Labute approximate surface area is 58.1 Å². The van der Waals surface area contributed by atoms with Crippen LogP contribution in [0.3, 0.4) is 0 Å². The highest BCUT2D eigenvalue weighted by Gasteiger charge is 2.15. The van der Waals surface area contributed by atoms with Crippen LogP contribution in [0.25, 0.3) is 0 Å². The van der Waals surface area contributed by atoms with Gasteiger partial charge < -0.3 is 0 Å². The zero-order valence-electron chi connectivity index (χ0n) is 6.71. The Morgan fingerprint density at radius 1 is 1.44 bits per heavy atom. The predicted octanol–water partition coefficient (Wildman–Crippen LogP) is 2.28. The monoisotopic (exact) mass is 130 g/mol. The molecule has 2 heteroatoms. The summed E-state index contributed by atoms with van der Waals surface area (Å²) in [6.45, 7) is 6.21. The summed E-state index contributed by atoms with van der Waals surface area (Å²) in [7, 11) is 1.16. The predicted molar refractivity (Wildman–Crippen MR) is 42.2 cm³/mol. The summed E-state index contributed by atoms with van der Waals surface area (Å²) in [5.74, 6) is 0. The van der Waals surface area contributed by atoms with Crippen LogP contribution in [0.1, 0.15) is 20.3 Å². The zero-order chi connectivity index (χ0) is 7.33. The van der Waals surface area contributed by atoms with Crippen molar-refractivity contribution in [2.24, 2.45) is 5.41 Å². The first kappa shape index (κ1) is 8.99. The molecule has 54 valence electrons. The van der Waals surface area contributed by atoms with Gasteiger partial charge in [-0.2, -0.15) is 0 Å².